The fraction of sp³-hybridized carbons (Fsp3) is 0.233. The minimum absolute atomic E-state index is 0.0683. The molecular formula is C30H30N2O6. The zero-order chi connectivity index (χ0) is 27.1. The molecule has 3 aromatic carbocycles. The topological polar surface area (TPSA) is 102 Å². The number of nitrogens with zero attached hydrogens (tertiary/aromatic N) is 2. The van der Waals surface area contributed by atoms with Crippen LogP contribution in [0.1, 0.15) is 29.5 Å². The molecule has 4 aromatic rings. The van der Waals surface area contributed by atoms with Crippen LogP contribution in [0, 0.1) is 13.8 Å². The Hall–Kier alpha value is -4.59. The van der Waals surface area contributed by atoms with Crippen molar-refractivity contribution in [2.75, 3.05) is 6.61 Å². The number of carbonyl (C=O) groups is 2. The lowest BCUT2D eigenvalue weighted by Crippen LogP contribution is -2.44. The second-order valence-corrected chi connectivity index (χ2v) is 8.95. The lowest BCUT2D eigenvalue weighted by atomic mass is 10.2. The van der Waals surface area contributed by atoms with Gasteiger partial charge in [-0.1, -0.05) is 48.0 Å². The van der Waals surface area contributed by atoms with E-state index in [4.69, 9.17) is 13.9 Å². The smallest absolute Gasteiger partial charge is 0.416 e. The summed E-state index contributed by atoms with van der Waals surface area (Å²) in [6.45, 7) is 5.74. The Balaban J connectivity index is 1.35. The first kappa shape index (κ1) is 26.5. The molecule has 0 aliphatic heterocycles. The molecule has 0 spiro atoms. The van der Waals surface area contributed by atoms with Crippen molar-refractivity contribution < 1.29 is 28.6 Å². The SMILES string of the molecule is Cc1ccc(OC(=O)N(Cc2ccc(OCCc3nc(-c4ccccc4)oc3C)cc2)[C@H](C)C(=O)O)cc1. The molecule has 1 aromatic heterocycles. The van der Waals surface area contributed by atoms with Crippen LogP contribution in [0.5, 0.6) is 11.5 Å². The molecule has 8 nitrogen and oxygen atoms in total. The molecule has 0 aliphatic rings. The van der Waals surface area contributed by atoms with E-state index in [0.29, 0.717) is 30.4 Å². The summed E-state index contributed by atoms with van der Waals surface area (Å²) in [6, 6.07) is 22.8. The van der Waals surface area contributed by atoms with Crippen LogP contribution in [0.25, 0.3) is 11.5 Å². The highest BCUT2D eigenvalue weighted by molar-refractivity contribution is 5.80. The van der Waals surface area contributed by atoms with Gasteiger partial charge in [-0.05, 0) is 62.7 Å². The minimum Gasteiger partial charge on any atom is -0.493 e. The molecule has 0 fully saturated rings. The van der Waals surface area contributed by atoms with Crippen molar-refractivity contribution in [1.29, 1.82) is 0 Å². The molecule has 8 heteroatoms. The number of benzene rings is 3. The number of aryl methyl sites for hydroxylation is 2. The molecule has 0 bridgehead atoms. The molecule has 0 saturated heterocycles. The van der Waals surface area contributed by atoms with Crippen LogP contribution in [0.15, 0.2) is 83.3 Å². The van der Waals surface area contributed by atoms with Gasteiger partial charge in [0.25, 0.3) is 0 Å². The summed E-state index contributed by atoms with van der Waals surface area (Å²) in [6.07, 6.45) is -0.152. The maximum absolute atomic E-state index is 12.8. The predicted octanol–water partition coefficient (Wildman–Crippen LogP) is 6.05. The first-order valence-electron chi connectivity index (χ1n) is 12.3. The zero-order valence-electron chi connectivity index (χ0n) is 21.6. The Morgan fingerprint density at radius 2 is 1.61 bits per heavy atom. The van der Waals surface area contributed by atoms with Crippen molar-refractivity contribution in [3.8, 4) is 23.0 Å². The summed E-state index contributed by atoms with van der Waals surface area (Å²) in [5.41, 5.74) is 3.53. The summed E-state index contributed by atoms with van der Waals surface area (Å²) < 4.78 is 17.1. The van der Waals surface area contributed by atoms with Crippen molar-refractivity contribution in [3.63, 3.8) is 0 Å². The van der Waals surface area contributed by atoms with Gasteiger partial charge in [0.15, 0.2) is 0 Å². The van der Waals surface area contributed by atoms with Gasteiger partial charge in [-0.15, -0.1) is 0 Å². The number of carbonyl (C=O) groups excluding carboxylic acids is 1. The van der Waals surface area contributed by atoms with Crippen molar-refractivity contribution in [2.24, 2.45) is 0 Å². The Morgan fingerprint density at radius 1 is 0.947 bits per heavy atom. The molecule has 0 aliphatic carbocycles. The van der Waals surface area contributed by atoms with Crippen molar-refractivity contribution in [1.82, 2.24) is 9.88 Å². The second-order valence-electron chi connectivity index (χ2n) is 8.95. The molecule has 1 amide bonds. The number of amides is 1. The number of oxazole rings is 1. The van der Waals surface area contributed by atoms with Gasteiger partial charge < -0.3 is 19.0 Å². The standard InChI is InChI=1S/C30H30N2O6/c1-20-9-13-26(14-10-20)38-30(35)32(21(2)29(33)34)19-23-11-15-25(16-12-23)36-18-17-27-22(3)37-28(31-27)24-7-5-4-6-8-24/h4-16,21H,17-19H2,1-3H3,(H,33,34)/t21-/m1/s1. The van der Waals surface area contributed by atoms with Gasteiger partial charge in [-0.2, -0.15) is 0 Å². The average Bonchev–Trinajstić information content (AvgIpc) is 3.29. The van der Waals surface area contributed by atoms with E-state index in [1.54, 1.807) is 36.4 Å². The van der Waals surface area contributed by atoms with Crippen molar-refractivity contribution >= 4 is 12.1 Å². The van der Waals surface area contributed by atoms with Gasteiger partial charge in [-0.25, -0.2) is 14.6 Å². The highest BCUT2D eigenvalue weighted by Crippen LogP contribution is 2.22. The van der Waals surface area contributed by atoms with E-state index in [9.17, 15) is 14.7 Å². The number of rotatable bonds is 10. The number of aromatic nitrogens is 1. The molecule has 0 unspecified atom stereocenters. The van der Waals surface area contributed by atoms with Gasteiger partial charge in [-0.3, -0.25) is 4.90 Å². The number of carboxylic acid groups (broad SMARTS) is 1. The van der Waals surface area contributed by atoms with Gasteiger partial charge in [0, 0.05) is 18.5 Å². The average molecular weight is 515 g/mol. The highest BCUT2D eigenvalue weighted by atomic mass is 16.6. The third kappa shape index (κ3) is 6.79. The minimum atomic E-state index is -1.12. The summed E-state index contributed by atoms with van der Waals surface area (Å²) in [7, 11) is 0. The number of hydrogen-bond donors (Lipinski definition) is 1. The highest BCUT2D eigenvalue weighted by Gasteiger charge is 2.27. The van der Waals surface area contributed by atoms with E-state index >= 15 is 0 Å². The van der Waals surface area contributed by atoms with Crippen LogP contribution >= 0.6 is 0 Å². The van der Waals surface area contributed by atoms with Crippen LogP contribution < -0.4 is 9.47 Å². The van der Waals surface area contributed by atoms with Gasteiger partial charge in [0.05, 0.1) is 12.3 Å². The van der Waals surface area contributed by atoms with Crippen LogP contribution in [0.3, 0.4) is 0 Å². The largest absolute Gasteiger partial charge is 0.493 e. The first-order chi connectivity index (χ1) is 18.3. The Bertz CT molecular complexity index is 1360. The lowest BCUT2D eigenvalue weighted by molar-refractivity contribution is -0.142. The van der Waals surface area contributed by atoms with Crippen LogP contribution in [-0.4, -0.2) is 39.7 Å². The monoisotopic (exact) mass is 514 g/mol. The summed E-state index contributed by atoms with van der Waals surface area (Å²) in [5, 5.41) is 9.52. The Kier molecular flexibility index (Phi) is 8.43. The van der Waals surface area contributed by atoms with Crippen LogP contribution in [0.2, 0.25) is 0 Å². The van der Waals surface area contributed by atoms with Crippen molar-refractivity contribution in [3.05, 3.63) is 101 Å². The second kappa shape index (κ2) is 12.1. The van der Waals surface area contributed by atoms with E-state index in [1.165, 1.54) is 11.8 Å². The van der Waals surface area contributed by atoms with E-state index in [2.05, 4.69) is 4.98 Å². The van der Waals surface area contributed by atoms with Crippen LogP contribution in [0.4, 0.5) is 4.79 Å². The van der Waals surface area contributed by atoms with E-state index in [0.717, 1.165) is 28.1 Å². The molecule has 38 heavy (non-hydrogen) atoms. The maximum Gasteiger partial charge on any atom is 0.416 e. The molecule has 1 N–H and O–H groups in total. The summed E-state index contributed by atoms with van der Waals surface area (Å²) in [4.78, 5) is 30.2. The number of aliphatic carboxylic acids is 1. The molecule has 4 rings (SSSR count). The molecule has 0 saturated carbocycles. The fourth-order valence-corrected chi connectivity index (χ4v) is 3.78. The van der Waals surface area contributed by atoms with Gasteiger partial charge >= 0.3 is 12.1 Å². The van der Waals surface area contributed by atoms with E-state index in [1.807, 2.05) is 56.3 Å². The quantitative estimate of drug-likeness (QED) is 0.275. The van der Waals surface area contributed by atoms with Crippen LogP contribution in [-0.2, 0) is 17.8 Å². The third-order valence-electron chi connectivity index (χ3n) is 6.08. The maximum atomic E-state index is 12.8. The first-order valence-corrected chi connectivity index (χ1v) is 12.3. The molecule has 1 heterocycles. The Morgan fingerprint density at radius 3 is 2.26 bits per heavy atom. The van der Waals surface area contributed by atoms with Gasteiger partial charge in [0.2, 0.25) is 5.89 Å². The lowest BCUT2D eigenvalue weighted by Gasteiger charge is -2.25. The molecule has 196 valence electrons. The number of ether oxygens (including phenoxy) is 2. The van der Waals surface area contributed by atoms with Gasteiger partial charge in [0.1, 0.15) is 23.3 Å². The van der Waals surface area contributed by atoms with Crippen molar-refractivity contribution in [2.45, 2.75) is 39.8 Å². The fourth-order valence-electron chi connectivity index (χ4n) is 3.78. The van der Waals surface area contributed by atoms with E-state index < -0.39 is 18.1 Å². The number of carboxylic acids is 1. The molecule has 1 atom stereocenters. The number of hydrogen-bond acceptors (Lipinski definition) is 6. The van der Waals surface area contributed by atoms with E-state index in [-0.39, 0.29) is 6.54 Å². The molecular weight excluding hydrogens is 484 g/mol. The summed E-state index contributed by atoms with van der Waals surface area (Å²) >= 11 is 0. The molecule has 0 radical (unpaired) electrons. The Labute approximate surface area is 221 Å². The summed E-state index contributed by atoms with van der Waals surface area (Å²) in [5.74, 6) is 1.23. The zero-order valence-corrected chi connectivity index (χ0v) is 21.6. The normalized spacial score (nSPS) is 11.6. The predicted molar refractivity (Wildman–Crippen MR) is 142 cm³/mol. The third-order valence-corrected chi connectivity index (χ3v) is 6.08.